The highest BCUT2D eigenvalue weighted by atomic mass is 16.7. The minimum Gasteiger partial charge on any atom is -0.490 e. The van der Waals surface area contributed by atoms with Gasteiger partial charge < -0.3 is 30.5 Å². The fourth-order valence-electron chi connectivity index (χ4n) is 5.42. The zero-order valence-corrected chi connectivity index (χ0v) is 38.0. The van der Waals surface area contributed by atoms with Crippen molar-refractivity contribution in [3.63, 3.8) is 0 Å². The Labute approximate surface area is 340 Å². The average Bonchev–Trinajstić information content (AvgIpc) is 3.22. The molecule has 0 bridgehead atoms. The molecule has 7 nitrogen and oxygen atoms in total. The van der Waals surface area contributed by atoms with Crippen LogP contribution in [0.25, 0.3) is 0 Å². The third-order valence-corrected chi connectivity index (χ3v) is 9.02. The van der Waals surface area contributed by atoms with Crippen molar-refractivity contribution >= 4 is 5.69 Å². The Balaban J connectivity index is 0. The number of benzene rings is 2. The van der Waals surface area contributed by atoms with Gasteiger partial charge in [0.15, 0.2) is 5.75 Å². The van der Waals surface area contributed by atoms with Crippen LogP contribution in [0.5, 0.6) is 11.5 Å². The maximum atomic E-state index is 10.9. The molecule has 2 aliphatic rings. The molecule has 3 atom stereocenters. The molecule has 4 N–H and O–H groups in total. The first-order valence-electron chi connectivity index (χ1n) is 21.7. The smallest absolute Gasteiger partial charge is 0.155 e. The lowest BCUT2D eigenvalue weighted by Crippen LogP contribution is -2.39. The van der Waals surface area contributed by atoms with Crippen molar-refractivity contribution in [3.8, 4) is 11.5 Å². The molecule has 0 aromatic heterocycles. The summed E-state index contributed by atoms with van der Waals surface area (Å²) in [4.78, 5) is 6.30. The number of nitrogens with zero attached hydrogens (tertiary/aromatic N) is 1. The van der Waals surface area contributed by atoms with Crippen molar-refractivity contribution in [1.29, 1.82) is 0 Å². The van der Waals surface area contributed by atoms with Crippen LogP contribution in [0, 0.1) is 23.7 Å². The zero-order chi connectivity index (χ0) is 42.0. The zero-order valence-electron chi connectivity index (χ0n) is 38.0. The first-order valence-corrected chi connectivity index (χ1v) is 21.7. The summed E-state index contributed by atoms with van der Waals surface area (Å²) in [7, 11) is 1.75. The molecule has 2 aliphatic heterocycles. The molecule has 4 rings (SSSR count). The number of nitrogens with one attached hydrogen (secondary N) is 1. The standard InChI is InChI=1S/C26H36N2O3.C7H16O.C7H12.C4H11N.2C2H6/c1-4-19-5-7-21(8-6-19)28(17-18(2)3)31-22-9-10-25-23(15-22)24(29)16-26(30-25)20-11-13-27-14-12-20;1-4-7(2)5-6-8-3;1-3-5-7-6-4-2;1-4(2)3-5;2*1-2/h5-10,15,18,20,24,26-27,29H,4,11-14,16-17H2,1-3H3;7H,4-6H2,1-3H3;3,5-7H,4H2,1-2H3;4H,3,5H2,1-2H3;2*1-2H3/b;;5-3+,7-6+;;;. The van der Waals surface area contributed by atoms with Gasteiger partial charge in [-0.3, -0.25) is 0 Å². The number of hydrogen-bond donors (Lipinski definition) is 3. The Bertz CT molecular complexity index is 1190. The van der Waals surface area contributed by atoms with Crippen molar-refractivity contribution in [3.05, 3.63) is 77.9 Å². The number of hydroxylamine groups is 1. The normalized spacial score (nSPS) is 16.7. The van der Waals surface area contributed by atoms with E-state index in [4.69, 9.17) is 20.0 Å². The molecule has 55 heavy (non-hydrogen) atoms. The Morgan fingerprint density at radius 3 is 2.04 bits per heavy atom. The van der Waals surface area contributed by atoms with Crippen molar-refractivity contribution < 1.29 is 19.4 Å². The van der Waals surface area contributed by atoms with Gasteiger partial charge in [-0.25, -0.2) is 5.06 Å². The summed E-state index contributed by atoms with van der Waals surface area (Å²) in [6.45, 7) is 31.9. The third kappa shape index (κ3) is 25.1. The molecule has 0 aliphatic carbocycles. The van der Waals surface area contributed by atoms with E-state index < -0.39 is 6.10 Å². The van der Waals surface area contributed by atoms with E-state index in [1.165, 1.54) is 18.4 Å². The molecule has 0 amide bonds. The summed E-state index contributed by atoms with van der Waals surface area (Å²) in [6.07, 6.45) is 15.3. The Hall–Kier alpha value is -2.84. The van der Waals surface area contributed by atoms with Crippen LogP contribution < -0.4 is 25.7 Å². The molecule has 2 aromatic carbocycles. The molecule has 7 heteroatoms. The average molecular weight is 770 g/mol. The highest BCUT2D eigenvalue weighted by Gasteiger charge is 2.33. The number of aliphatic hydroxyl groups is 1. The summed E-state index contributed by atoms with van der Waals surface area (Å²) in [5.74, 6) is 3.96. The summed E-state index contributed by atoms with van der Waals surface area (Å²) in [5, 5.41) is 16.2. The van der Waals surface area contributed by atoms with Gasteiger partial charge >= 0.3 is 0 Å². The van der Waals surface area contributed by atoms with Crippen LogP contribution in [0.3, 0.4) is 0 Å². The van der Waals surface area contributed by atoms with E-state index in [0.717, 1.165) is 87.1 Å². The fraction of sp³-hybridized carbons (Fsp3) is 0.667. The molecule has 318 valence electrons. The number of ether oxygens (including phenoxy) is 2. The van der Waals surface area contributed by atoms with Crippen molar-refractivity contribution in [2.45, 2.75) is 147 Å². The lowest BCUT2D eigenvalue weighted by atomic mass is 9.86. The van der Waals surface area contributed by atoms with E-state index in [1.807, 2.05) is 70.0 Å². The number of aliphatic hydroxyl groups excluding tert-OH is 1. The molecular weight excluding hydrogens is 683 g/mol. The van der Waals surface area contributed by atoms with Crippen molar-refractivity contribution in [2.24, 2.45) is 29.4 Å². The molecule has 0 saturated carbocycles. The van der Waals surface area contributed by atoms with Crippen LogP contribution in [0.2, 0.25) is 0 Å². The number of rotatable bonds is 14. The maximum absolute atomic E-state index is 10.9. The van der Waals surface area contributed by atoms with Gasteiger partial charge in [0.25, 0.3) is 0 Å². The van der Waals surface area contributed by atoms with Gasteiger partial charge in [-0.05, 0) is 118 Å². The second-order valence-corrected chi connectivity index (χ2v) is 14.5. The first kappa shape index (κ1) is 54.3. The van der Waals surface area contributed by atoms with Gasteiger partial charge in [-0.1, -0.05) is 126 Å². The molecule has 3 unspecified atom stereocenters. The van der Waals surface area contributed by atoms with Crippen LogP contribution in [0.4, 0.5) is 5.69 Å². The van der Waals surface area contributed by atoms with Crippen LogP contribution in [-0.2, 0) is 11.2 Å². The maximum Gasteiger partial charge on any atom is 0.155 e. The third-order valence-electron chi connectivity index (χ3n) is 9.02. The Kier molecular flexibility index (Phi) is 35.1. The van der Waals surface area contributed by atoms with Gasteiger partial charge in [0.2, 0.25) is 0 Å². The van der Waals surface area contributed by atoms with Gasteiger partial charge in [-0.15, -0.1) is 0 Å². The quantitative estimate of drug-likeness (QED) is 0.130. The Morgan fingerprint density at radius 2 is 1.55 bits per heavy atom. The number of fused-ring (bicyclic) bond motifs is 1. The van der Waals surface area contributed by atoms with E-state index in [2.05, 4.69) is 97.1 Å². The Morgan fingerprint density at radius 1 is 0.927 bits per heavy atom. The predicted molar refractivity (Wildman–Crippen MR) is 241 cm³/mol. The summed E-state index contributed by atoms with van der Waals surface area (Å²) < 4.78 is 11.2. The van der Waals surface area contributed by atoms with Crippen LogP contribution >= 0.6 is 0 Å². The van der Waals surface area contributed by atoms with Crippen LogP contribution in [-0.4, -0.2) is 51.1 Å². The fourth-order valence-corrected chi connectivity index (χ4v) is 5.42. The summed E-state index contributed by atoms with van der Waals surface area (Å²) in [5.41, 5.74) is 8.34. The molecule has 0 spiro atoms. The van der Waals surface area contributed by atoms with Gasteiger partial charge in [-0.2, -0.15) is 0 Å². The second kappa shape index (κ2) is 35.6. The van der Waals surface area contributed by atoms with Crippen molar-refractivity contribution in [2.75, 3.05) is 45.0 Å². The van der Waals surface area contributed by atoms with E-state index >= 15 is 0 Å². The molecule has 0 radical (unpaired) electrons. The van der Waals surface area contributed by atoms with E-state index in [0.29, 0.717) is 24.2 Å². The lowest BCUT2D eigenvalue weighted by molar-refractivity contribution is 0.0251. The van der Waals surface area contributed by atoms with E-state index in [-0.39, 0.29) is 6.10 Å². The minimum absolute atomic E-state index is 0.0888. The molecule has 2 heterocycles. The number of anilines is 1. The lowest BCUT2D eigenvalue weighted by Gasteiger charge is -2.36. The van der Waals surface area contributed by atoms with Gasteiger partial charge in [0.1, 0.15) is 11.9 Å². The molecular formula is C48H87N3O4. The van der Waals surface area contributed by atoms with E-state index in [1.54, 1.807) is 7.11 Å². The monoisotopic (exact) mass is 770 g/mol. The highest BCUT2D eigenvalue weighted by molar-refractivity contribution is 5.48. The summed E-state index contributed by atoms with van der Waals surface area (Å²) >= 11 is 0. The first-order chi connectivity index (χ1) is 26.5. The number of piperidine rings is 1. The highest BCUT2D eigenvalue weighted by Crippen LogP contribution is 2.40. The minimum atomic E-state index is -0.519. The van der Waals surface area contributed by atoms with Crippen LogP contribution in [0.15, 0.2) is 66.8 Å². The van der Waals surface area contributed by atoms with Gasteiger partial charge in [0.05, 0.1) is 18.3 Å². The SMILES string of the molecule is C/C=C/C=C/CC.CC.CC.CC(C)CN.CCC(C)CCOC.CCc1ccc(N(CC(C)C)Oc2ccc3c(c2)C(O)CC(C2CCNCC2)O3)cc1. The predicted octanol–water partition coefficient (Wildman–Crippen LogP) is 12.1. The molecule has 2 aromatic rings. The molecule has 1 saturated heterocycles. The number of aryl methyl sites for hydroxylation is 1. The number of hydrogen-bond acceptors (Lipinski definition) is 7. The topological polar surface area (TPSA) is 89.2 Å². The number of nitrogens with two attached hydrogens (primary N) is 1. The van der Waals surface area contributed by atoms with E-state index in [9.17, 15) is 5.11 Å². The molecule has 1 fully saturated rings. The van der Waals surface area contributed by atoms with Gasteiger partial charge in [0, 0.05) is 25.7 Å². The largest absolute Gasteiger partial charge is 0.490 e. The summed E-state index contributed by atoms with van der Waals surface area (Å²) in [6, 6.07) is 14.4. The second-order valence-electron chi connectivity index (χ2n) is 14.5. The number of methoxy groups -OCH3 is 1. The van der Waals surface area contributed by atoms with Crippen molar-refractivity contribution in [1.82, 2.24) is 5.32 Å². The van der Waals surface area contributed by atoms with Crippen LogP contribution in [0.1, 0.15) is 146 Å². The number of allylic oxidation sites excluding steroid dienone is 4.